The maximum absolute atomic E-state index is 13.9. The molecule has 0 spiro atoms. The molecule has 2 aromatic carbocycles. The van der Waals surface area contributed by atoms with Gasteiger partial charge in [0, 0.05) is 23.6 Å². The predicted molar refractivity (Wildman–Crippen MR) is 159 cm³/mol. The number of benzene rings is 2. The molecule has 2 aromatic heterocycles. The number of methoxy groups -OCH3 is 1. The average molecular weight is 628 g/mol. The van der Waals surface area contributed by atoms with Crippen LogP contribution in [0.2, 0.25) is 10.0 Å². The number of esters is 2. The van der Waals surface area contributed by atoms with Crippen molar-refractivity contribution in [1.29, 1.82) is 0 Å². The lowest BCUT2D eigenvalue weighted by molar-refractivity contribution is -0.139. The molecule has 42 heavy (non-hydrogen) atoms. The molecule has 1 aliphatic heterocycles. The summed E-state index contributed by atoms with van der Waals surface area (Å²) >= 11 is 13.6. The topological polar surface area (TPSA) is 109 Å². The van der Waals surface area contributed by atoms with Crippen LogP contribution >= 0.6 is 34.5 Å². The van der Waals surface area contributed by atoms with Crippen molar-refractivity contribution in [3.8, 4) is 22.8 Å². The smallest absolute Gasteiger partial charge is 0.338 e. The normalized spacial score (nSPS) is 14.8. The number of nitrogens with zero attached hydrogens (tertiary/aromatic N) is 2. The van der Waals surface area contributed by atoms with E-state index in [2.05, 4.69) is 4.99 Å². The fourth-order valence-corrected chi connectivity index (χ4v) is 6.00. The fraction of sp³-hybridized carbons (Fsp3) is 0.200. The number of hydrogen-bond acceptors (Lipinski definition) is 9. The summed E-state index contributed by atoms with van der Waals surface area (Å²) in [4.78, 5) is 43.6. The number of ether oxygens (including phenoxy) is 3. The number of hydrogen-bond donors (Lipinski definition) is 0. The van der Waals surface area contributed by atoms with E-state index in [1.165, 1.54) is 18.6 Å². The Hall–Kier alpha value is -4.12. The Balaban J connectivity index is 1.65. The van der Waals surface area contributed by atoms with Crippen molar-refractivity contribution in [3.63, 3.8) is 0 Å². The molecular weight excluding hydrogens is 603 g/mol. The van der Waals surface area contributed by atoms with Crippen LogP contribution in [-0.4, -0.2) is 30.2 Å². The Labute approximate surface area is 253 Å². The fourth-order valence-electron chi connectivity index (χ4n) is 4.59. The molecule has 5 rings (SSSR count). The van der Waals surface area contributed by atoms with Crippen molar-refractivity contribution in [2.24, 2.45) is 4.99 Å². The molecule has 0 saturated heterocycles. The summed E-state index contributed by atoms with van der Waals surface area (Å²) in [6.45, 7) is 4.80. The van der Waals surface area contributed by atoms with Crippen LogP contribution in [0.15, 0.2) is 74.0 Å². The number of fused-ring (bicyclic) bond motifs is 1. The van der Waals surface area contributed by atoms with Crippen LogP contribution in [0, 0.1) is 0 Å². The van der Waals surface area contributed by atoms with Crippen molar-refractivity contribution >= 4 is 52.6 Å². The number of thiazole rings is 1. The second-order valence-electron chi connectivity index (χ2n) is 9.13. The first-order valence-electron chi connectivity index (χ1n) is 12.7. The molecule has 0 fully saturated rings. The van der Waals surface area contributed by atoms with Gasteiger partial charge in [-0.15, -0.1) is 0 Å². The van der Waals surface area contributed by atoms with Gasteiger partial charge in [0.1, 0.15) is 11.5 Å². The zero-order valence-corrected chi connectivity index (χ0v) is 25.2. The third-order valence-corrected chi connectivity index (χ3v) is 7.92. The largest absolute Gasteiger partial charge is 0.493 e. The SMILES string of the molecule is CCOC(=O)C1=C(C)N=c2s/c(=C/c3ccc(-c4cc(Cl)ccc4Cl)o3)c(=O)n2C1c1ccc(OC(C)=O)c(OC)c1. The molecule has 4 aromatic rings. The third kappa shape index (κ3) is 5.65. The van der Waals surface area contributed by atoms with Crippen LogP contribution in [0.1, 0.15) is 38.1 Å². The summed E-state index contributed by atoms with van der Waals surface area (Å²) < 4.78 is 23.8. The van der Waals surface area contributed by atoms with Gasteiger partial charge in [-0.25, -0.2) is 9.79 Å². The van der Waals surface area contributed by atoms with Crippen LogP contribution in [0.5, 0.6) is 11.5 Å². The highest BCUT2D eigenvalue weighted by molar-refractivity contribution is 7.07. The molecule has 0 aliphatic carbocycles. The van der Waals surface area contributed by atoms with Crippen LogP contribution < -0.4 is 24.4 Å². The highest BCUT2D eigenvalue weighted by atomic mass is 35.5. The van der Waals surface area contributed by atoms with E-state index in [9.17, 15) is 14.4 Å². The molecule has 12 heteroatoms. The molecule has 1 unspecified atom stereocenters. The van der Waals surface area contributed by atoms with Crippen LogP contribution in [0.4, 0.5) is 0 Å². The third-order valence-electron chi connectivity index (χ3n) is 6.37. The first kappa shape index (κ1) is 29.4. The summed E-state index contributed by atoms with van der Waals surface area (Å²) in [5.41, 5.74) is 1.37. The van der Waals surface area contributed by atoms with Gasteiger partial charge in [0.15, 0.2) is 16.3 Å². The standard InChI is InChI=1S/C30H24Cl2N2O7S/c1-5-39-29(37)26-15(2)33-30-34(27(26)17-6-10-23(40-16(3)35)24(12-17)38-4)28(36)25(42-30)14-19-8-11-22(41-19)20-13-18(31)7-9-21(20)32/h6-14,27H,5H2,1-4H3/b25-14+. The Kier molecular flexibility index (Phi) is 8.40. The van der Waals surface area contributed by atoms with Crippen molar-refractivity contribution in [1.82, 2.24) is 4.57 Å². The maximum Gasteiger partial charge on any atom is 0.338 e. The molecule has 0 bridgehead atoms. The summed E-state index contributed by atoms with van der Waals surface area (Å²) in [6.07, 6.45) is 1.61. The van der Waals surface area contributed by atoms with Crippen LogP contribution in [0.3, 0.4) is 0 Å². The van der Waals surface area contributed by atoms with E-state index < -0.39 is 18.0 Å². The van der Waals surface area contributed by atoms with Gasteiger partial charge in [0.2, 0.25) is 0 Å². The Morgan fingerprint density at radius 3 is 2.62 bits per heavy atom. The lowest BCUT2D eigenvalue weighted by Gasteiger charge is -2.25. The highest BCUT2D eigenvalue weighted by Crippen LogP contribution is 2.36. The van der Waals surface area contributed by atoms with Gasteiger partial charge in [-0.2, -0.15) is 0 Å². The summed E-state index contributed by atoms with van der Waals surface area (Å²) in [5, 5.41) is 0.975. The highest BCUT2D eigenvalue weighted by Gasteiger charge is 2.34. The molecule has 0 saturated carbocycles. The van der Waals surface area contributed by atoms with E-state index in [1.54, 1.807) is 68.5 Å². The molecule has 1 aliphatic rings. The first-order valence-corrected chi connectivity index (χ1v) is 14.3. The number of furan rings is 1. The minimum atomic E-state index is -0.889. The number of halogens is 2. The number of carbonyl (C=O) groups excluding carboxylic acids is 2. The molecule has 216 valence electrons. The minimum Gasteiger partial charge on any atom is -0.493 e. The molecule has 0 amide bonds. The second kappa shape index (κ2) is 12.0. The lowest BCUT2D eigenvalue weighted by Crippen LogP contribution is -2.39. The van der Waals surface area contributed by atoms with Gasteiger partial charge in [0.05, 0.1) is 40.6 Å². The lowest BCUT2D eigenvalue weighted by atomic mass is 9.95. The Morgan fingerprint density at radius 2 is 1.90 bits per heavy atom. The van der Waals surface area contributed by atoms with E-state index in [0.29, 0.717) is 47.7 Å². The number of allylic oxidation sites excluding steroid dienone is 1. The van der Waals surface area contributed by atoms with Gasteiger partial charge in [-0.1, -0.05) is 40.6 Å². The van der Waals surface area contributed by atoms with Crippen molar-refractivity contribution < 1.29 is 28.2 Å². The van der Waals surface area contributed by atoms with Gasteiger partial charge in [0.25, 0.3) is 5.56 Å². The number of aromatic nitrogens is 1. The van der Waals surface area contributed by atoms with Gasteiger partial charge >= 0.3 is 11.9 Å². The van der Waals surface area contributed by atoms with E-state index in [4.69, 9.17) is 41.8 Å². The molecule has 0 radical (unpaired) electrons. The van der Waals surface area contributed by atoms with E-state index in [-0.39, 0.29) is 29.2 Å². The molecule has 9 nitrogen and oxygen atoms in total. The monoisotopic (exact) mass is 626 g/mol. The minimum absolute atomic E-state index is 0.138. The second-order valence-corrected chi connectivity index (χ2v) is 11.0. The first-order chi connectivity index (χ1) is 20.1. The molecule has 0 N–H and O–H groups in total. The quantitative estimate of drug-likeness (QED) is 0.202. The molecule has 3 heterocycles. The van der Waals surface area contributed by atoms with E-state index in [1.807, 2.05) is 0 Å². The summed E-state index contributed by atoms with van der Waals surface area (Å²) in [5.74, 6) is 0.237. The molecular formula is C30H24Cl2N2O7S. The Bertz CT molecular complexity index is 1940. The van der Waals surface area contributed by atoms with Crippen LogP contribution in [0.25, 0.3) is 17.4 Å². The van der Waals surface area contributed by atoms with Gasteiger partial charge in [-0.05, 0) is 61.9 Å². The van der Waals surface area contributed by atoms with Crippen molar-refractivity contribution in [2.45, 2.75) is 26.8 Å². The van der Waals surface area contributed by atoms with E-state index in [0.717, 1.165) is 11.3 Å². The van der Waals surface area contributed by atoms with E-state index >= 15 is 0 Å². The van der Waals surface area contributed by atoms with Crippen molar-refractivity contribution in [2.75, 3.05) is 13.7 Å². The van der Waals surface area contributed by atoms with Crippen LogP contribution in [-0.2, 0) is 14.3 Å². The van der Waals surface area contributed by atoms with Crippen molar-refractivity contribution in [3.05, 3.63) is 101 Å². The zero-order chi connectivity index (χ0) is 30.1. The summed E-state index contributed by atoms with van der Waals surface area (Å²) in [7, 11) is 1.43. The zero-order valence-electron chi connectivity index (χ0n) is 22.9. The molecule has 1 atom stereocenters. The maximum atomic E-state index is 13.9. The predicted octanol–water partition coefficient (Wildman–Crippen LogP) is 5.30. The van der Waals surface area contributed by atoms with Gasteiger partial charge < -0.3 is 18.6 Å². The summed E-state index contributed by atoms with van der Waals surface area (Å²) in [6, 6.07) is 12.5. The average Bonchev–Trinajstić information content (AvgIpc) is 3.53. The Morgan fingerprint density at radius 1 is 1.12 bits per heavy atom. The van der Waals surface area contributed by atoms with Gasteiger partial charge in [-0.3, -0.25) is 14.2 Å². The number of carbonyl (C=O) groups is 2. The number of rotatable bonds is 7.